The molecule has 0 radical (unpaired) electrons. The third-order valence-corrected chi connectivity index (χ3v) is 8.54. The Bertz CT molecular complexity index is 1520. The number of hydrogen-bond acceptors (Lipinski definition) is 3. The van der Waals surface area contributed by atoms with E-state index in [-0.39, 0.29) is 23.7 Å². The lowest BCUT2D eigenvalue weighted by Gasteiger charge is -2.45. The molecule has 0 N–H and O–H groups in total. The number of rotatable bonds is 3. The van der Waals surface area contributed by atoms with Gasteiger partial charge >= 0.3 is 0 Å². The molecule has 0 spiro atoms. The fraction of sp³-hybridized carbons (Fsp3) is 0.194. The second-order valence-electron chi connectivity index (χ2n) is 10.1. The summed E-state index contributed by atoms with van der Waals surface area (Å²) in [5.41, 5.74) is 8.48. The standard InChI is InChI=1S/C31H24ClN3O2/c1-17-15-19(18(2)34(17)21-13-11-20(32)12-14-21)16-33-35-30(36)28-26-22-7-3-4-8-23(22)27(29(28)31(35)37)25-10-6-5-9-24(25)26/h3-16,26-29H,1-2H3/b33-16-/t26?,27?,28-,29-/m1/s1. The van der Waals surface area contributed by atoms with Crippen LogP contribution in [0.2, 0.25) is 5.02 Å². The zero-order chi connectivity index (χ0) is 25.4. The van der Waals surface area contributed by atoms with Crippen LogP contribution < -0.4 is 0 Å². The van der Waals surface area contributed by atoms with E-state index in [1.807, 2.05) is 68.4 Å². The second-order valence-corrected chi connectivity index (χ2v) is 10.6. The van der Waals surface area contributed by atoms with Gasteiger partial charge in [0.1, 0.15) is 0 Å². The van der Waals surface area contributed by atoms with Crippen molar-refractivity contribution in [2.45, 2.75) is 25.7 Å². The van der Waals surface area contributed by atoms with Gasteiger partial charge in [-0.05, 0) is 66.4 Å². The Hall–Kier alpha value is -3.96. The monoisotopic (exact) mass is 505 g/mol. The van der Waals surface area contributed by atoms with Gasteiger partial charge in [0.25, 0.3) is 11.8 Å². The predicted octanol–water partition coefficient (Wildman–Crippen LogP) is 5.97. The second kappa shape index (κ2) is 8.02. The van der Waals surface area contributed by atoms with E-state index in [2.05, 4.69) is 33.9 Å². The van der Waals surface area contributed by atoms with Crippen LogP contribution in [0.4, 0.5) is 0 Å². The minimum absolute atomic E-state index is 0.131. The van der Waals surface area contributed by atoms with Crippen molar-refractivity contribution >= 4 is 29.6 Å². The van der Waals surface area contributed by atoms with Gasteiger partial charge in [0.15, 0.2) is 0 Å². The van der Waals surface area contributed by atoms with E-state index >= 15 is 0 Å². The number of carbonyl (C=O) groups is 2. The first-order valence-electron chi connectivity index (χ1n) is 12.5. The van der Waals surface area contributed by atoms with E-state index in [0.717, 1.165) is 49.9 Å². The molecular formula is C31H24ClN3O2. The van der Waals surface area contributed by atoms with Crippen LogP contribution in [0.1, 0.15) is 51.0 Å². The van der Waals surface area contributed by atoms with Crippen LogP contribution in [-0.4, -0.2) is 27.6 Å². The first-order chi connectivity index (χ1) is 18.0. The molecule has 2 atom stereocenters. The van der Waals surface area contributed by atoms with Crippen LogP contribution in [0, 0.1) is 25.7 Å². The van der Waals surface area contributed by atoms with E-state index in [4.69, 9.17) is 11.6 Å². The first-order valence-corrected chi connectivity index (χ1v) is 12.9. The number of benzene rings is 3. The van der Waals surface area contributed by atoms with Gasteiger partial charge in [-0.1, -0.05) is 60.1 Å². The number of imide groups is 1. The van der Waals surface area contributed by atoms with E-state index in [0.29, 0.717) is 5.02 Å². The summed E-state index contributed by atoms with van der Waals surface area (Å²) in [4.78, 5) is 27.5. The Morgan fingerprint density at radius 2 is 1.24 bits per heavy atom. The van der Waals surface area contributed by atoms with E-state index in [1.165, 1.54) is 0 Å². The molecule has 2 amide bonds. The van der Waals surface area contributed by atoms with E-state index in [1.54, 1.807) is 6.21 Å². The number of aryl methyl sites for hydroxylation is 1. The minimum atomic E-state index is -0.430. The van der Waals surface area contributed by atoms with Crippen molar-refractivity contribution < 1.29 is 9.59 Å². The van der Waals surface area contributed by atoms with Crippen LogP contribution in [0.3, 0.4) is 0 Å². The Balaban J connectivity index is 1.26. The largest absolute Gasteiger partial charge is 0.318 e. The third-order valence-electron chi connectivity index (χ3n) is 8.29. The lowest BCUT2D eigenvalue weighted by atomic mass is 9.55. The fourth-order valence-electron chi connectivity index (χ4n) is 6.80. The highest BCUT2D eigenvalue weighted by atomic mass is 35.5. The highest BCUT2D eigenvalue weighted by Crippen LogP contribution is 2.60. The summed E-state index contributed by atoms with van der Waals surface area (Å²) in [6.07, 6.45) is 1.64. The number of hydrogen-bond donors (Lipinski definition) is 0. The minimum Gasteiger partial charge on any atom is -0.318 e. The Morgan fingerprint density at radius 1 is 0.757 bits per heavy atom. The zero-order valence-electron chi connectivity index (χ0n) is 20.4. The van der Waals surface area contributed by atoms with Crippen LogP contribution in [0.5, 0.6) is 0 Å². The molecule has 1 saturated heterocycles. The highest BCUT2D eigenvalue weighted by Gasteiger charge is 2.61. The van der Waals surface area contributed by atoms with E-state index in [9.17, 15) is 9.59 Å². The molecule has 5 nitrogen and oxygen atoms in total. The normalized spacial score (nSPS) is 23.5. The number of hydrazone groups is 1. The number of halogens is 1. The smallest absolute Gasteiger partial charge is 0.254 e. The van der Waals surface area contributed by atoms with Gasteiger partial charge in [-0.25, -0.2) is 0 Å². The van der Waals surface area contributed by atoms with Gasteiger partial charge in [0.05, 0.1) is 18.1 Å². The van der Waals surface area contributed by atoms with Crippen LogP contribution in [-0.2, 0) is 9.59 Å². The van der Waals surface area contributed by atoms with Crippen molar-refractivity contribution in [3.05, 3.63) is 123 Å². The van der Waals surface area contributed by atoms with Crippen molar-refractivity contribution in [2.75, 3.05) is 0 Å². The Labute approximate surface area is 220 Å². The maximum Gasteiger partial charge on any atom is 0.254 e. The van der Waals surface area contributed by atoms with Crippen LogP contribution in [0.25, 0.3) is 5.69 Å². The summed E-state index contributed by atoms with van der Waals surface area (Å²) in [5, 5.41) is 6.31. The summed E-state index contributed by atoms with van der Waals surface area (Å²) < 4.78 is 2.11. The average molecular weight is 506 g/mol. The lowest BCUT2D eigenvalue weighted by Crippen LogP contribution is -2.41. The number of aromatic nitrogens is 1. The summed E-state index contributed by atoms with van der Waals surface area (Å²) in [7, 11) is 0. The van der Waals surface area contributed by atoms with E-state index < -0.39 is 11.8 Å². The van der Waals surface area contributed by atoms with Crippen LogP contribution >= 0.6 is 11.6 Å². The summed E-state index contributed by atoms with van der Waals surface area (Å²) in [6, 6.07) is 26.2. The molecule has 3 aromatic carbocycles. The molecule has 2 heterocycles. The number of amides is 2. The maximum absolute atomic E-state index is 13.8. The lowest BCUT2D eigenvalue weighted by molar-refractivity contribution is -0.139. The Kier molecular flexibility index (Phi) is 4.82. The highest BCUT2D eigenvalue weighted by molar-refractivity contribution is 6.30. The van der Waals surface area contributed by atoms with Crippen molar-refractivity contribution in [3.63, 3.8) is 0 Å². The first kappa shape index (κ1) is 22.3. The topological polar surface area (TPSA) is 54.7 Å². The third kappa shape index (κ3) is 3.07. The molecule has 6 heteroatoms. The molecule has 1 fully saturated rings. The van der Waals surface area contributed by atoms with Gasteiger partial charge in [-0.3, -0.25) is 9.59 Å². The maximum atomic E-state index is 13.8. The van der Waals surface area contributed by atoms with Crippen LogP contribution in [0.15, 0.2) is 84.0 Å². The van der Waals surface area contributed by atoms with Gasteiger partial charge in [-0.15, -0.1) is 0 Å². The molecular weight excluding hydrogens is 482 g/mol. The van der Waals surface area contributed by atoms with Crippen molar-refractivity contribution in [1.82, 2.24) is 9.58 Å². The molecule has 1 aromatic heterocycles. The molecule has 37 heavy (non-hydrogen) atoms. The average Bonchev–Trinajstić information content (AvgIpc) is 3.34. The SMILES string of the molecule is Cc1cc(/C=N\N2C(=O)[C@@H]3C4c5ccccc5C(c5ccccc54)[C@H]3C2=O)c(C)n1-c1ccc(Cl)cc1. The molecule has 4 aliphatic rings. The zero-order valence-corrected chi connectivity index (χ0v) is 21.2. The summed E-state index contributed by atoms with van der Waals surface area (Å²) >= 11 is 6.07. The van der Waals surface area contributed by atoms with Gasteiger partial charge in [-0.2, -0.15) is 10.1 Å². The van der Waals surface area contributed by atoms with Crippen molar-refractivity contribution in [1.29, 1.82) is 0 Å². The molecule has 2 bridgehead atoms. The molecule has 4 aromatic rings. The van der Waals surface area contributed by atoms with Gasteiger partial charge in [0.2, 0.25) is 0 Å². The van der Waals surface area contributed by atoms with Gasteiger partial charge < -0.3 is 4.57 Å². The van der Waals surface area contributed by atoms with Gasteiger partial charge in [0, 0.05) is 39.5 Å². The molecule has 3 aliphatic carbocycles. The predicted molar refractivity (Wildman–Crippen MR) is 143 cm³/mol. The van der Waals surface area contributed by atoms with Crippen molar-refractivity contribution in [2.24, 2.45) is 16.9 Å². The molecule has 0 saturated carbocycles. The number of nitrogens with zero attached hydrogens (tertiary/aromatic N) is 3. The Morgan fingerprint density at radius 3 is 1.73 bits per heavy atom. The number of carbonyl (C=O) groups excluding carboxylic acids is 2. The fourth-order valence-corrected chi connectivity index (χ4v) is 6.93. The quantitative estimate of drug-likeness (QED) is 0.254. The summed E-state index contributed by atoms with van der Waals surface area (Å²) in [6.45, 7) is 4.02. The summed E-state index contributed by atoms with van der Waals surface area (Å²) in [5.74, 6) is -1.54. The molecule has 182 valence electrons. The molecule has 8 rings (SSSR count). The molecule has 1 aliphatic heterocycles. The van der Waals surface area contributed by atoms with Crippen molar-refractivity contribution in [3.8, 4) is 5.69 Å². The molecule has 0 unspecified atom stereocenters.